The van der Waals surface area contributed by atoms with Crippen molar-refractivity contribution in [3.8, 4) is 11.3 Å². The van der Waals surface area contributed by atoms with Gasteiger partial charge in [0.05, 0.1) is 11.4 Å². The van der Waals surface area contributed by atoms with E-state index in [-0.39, 0.29) is 5.43 Å². The summed E-state index contributed by atoms with van der Waals surface area (Å²) in [6.07, 6.45) is 2.80. The Morgan fingerprint density at radius 2 is 1.97 bits per heavy atom. The highest BCUT2D eigenvalue weighted by Crippen LogP contribution is 2.30. The van der Waals surface area contributed by atoms with Crippen LogP contribution < -0.4 is 10.7 Å². The monoisotopic (exact) mass is 394 g/mol. The van der Waals surface area contributed by atoms with Gasteiger partial charge in [-0.2, -0.15) is 0 Å². The fraction of sp³-hybridized carbons (Fsp3) is 0.348. The van der Waals surface area contributed by atoms with Crippen molar-refractivity contribution >= 4 is 17.1 Å². The number of ether oxygens (including phenoxy) is 1. The molecule has 3 rings (SSSR count). The van der Waals surface area contributed by atoms with Gasteiger partial charge in [-0.05, 0) is 65.3 Å². The molecular formula is C23H26N2O4. The molecule has 0 fully saturated rings. The van der Waals surface area contributed by atoms with E-state index in [0.29, 0.717) is 27.9 Å². The number of pyridine rings is 1. The average molecular weight is 394 g/mol. The standard InChI is InChI=1S/C23H26N2O4/c1-13-10-17(15(3)25-22(27)29-23(4,5)6)21-18(11-13)19(26)14(2)20(28-21)16-8-7-9-24-12-16/h7-12,15H,1-6H3,(H,25,27). The predicted octanol–water partition coefficient (Wildman–Crippen LogP) is 5.06. The second kappa shape index (κ2) is 7.70. The maximum atomic E-state index is 13.1. The molecule has 152 valence electrons. The average Bonchev–Trinajstić information content (AvgIpc) is 2.63. The van der Waals surface area contributed by atoms with E-state index in [1.54, 1.807) is 46.2 Å². The maximum absolute atomic E-state index is 13.1. The molecule has 3 aromatic rings. The zero-order valence-electron chi connectivity index (χ0n) is 17.6. The fourth-order valence-corrected chi connectivity index (χ4v) is 3.22. The van der Waals surface area contributed by atoms with Crippen LogP contribution in [0.2, 0.25) is 0 Å². The quantitative estimate of drug-likeness (QED) is 0.672. The first kappa shape index (κ1) is 20.6. The van der Waals surface area contributed by atoms with Crippen molar-refractivity contribution in [1.82, 2.24) is 10.3 Å². The van der Waals surface area contributed by atoms with Gasteiger partial charge in [-0.15, -0.1) is 0 Å². The SMILES string of the molecule is Cc1cc(C(C)NC(=O)OC(C)(C)C)c2oc(-c3cccnc3)c(C)c(=O)c2c1. The predicted molar refractivity (Wildman–Crippen MR) is 113 cm³/mol. The second-order valence-electron chi connectivity index (χ2n) is 8.23. The molecule has 0 saturated heterocycles. The number of fused-ring (bicyclic) bond motifs is 1. The van der Waals surface area contributed by atoms with Gasteiger partial charge in [0, 0.05) is 29.1 Å². The Morgan fingerprint density at radius 1 is 1.24 bits per heavy atom. The Morgan fingerprint density at radius 3 is 2.59 bits per heavy atom. The summed E-state index contributed by atoms with van der Waals surface area (Å²) in [5.41, 5.74) is 2.63. The third kappa shape index (κ3) is 4.47. The number of alkyl carbamates (subject to hydrolysis) is 1. The number of aromatic nitrogens is 1. The van der Waals surface area contributed by atoms with Crippen molar-refractivity contribution in [2.24, 2.45) is 0 Å². The van der Waals surface area contributed by atoms with Gasteiger partial charge in [-0.25, -0.2) is 4.79 Å². The molecule has 6 heteroatoms. The summed E-state index contributed by atoms with van der Waals surface area (Å²) in [5.74, 6) is 0.477. The van der Waals surface area contributed by atoms with Gasteiger partial charge in [0.1, 0.15) is 16.9 Å². The number of benzene rings is 1. The Labute approximate surface area is 169 Å². The maximum Gasteiger partial charge on any atom is 0.408 e. The molecule has 1 aromatic carbocycles. The van der Waals surface area contributed by atoms with Gasteiger partial charge >= 0.3 is 6.09 Å². The summed E-state index contributed by atoms with van der Waals surface area (Å²) >= 11 is 0. The number of amides is 1. The first-order valence-electron chi connectivity index (χ1n) is 9.54. The third-order valence-corrected chi connectivity index (χ3v) is 4.52. The van der Waals surface area contributed by atoms with Crippen LogP contribution in [0.25, 0.3) is 22.3 Å². The Hall–Kier alpha value is -3.15. The van der Waals surface area contributed by atoms with Crippen LogP contribution in [-0.2, 0) is 4.74 Å². The molecule has 2 heterocycles. The van der Waals surface area contributed by atoms with Gasteiger partial charge in [0.15, 0.2) is 5.43 Å². The molecule has 1 amide bonds. The molecule has 1 unspecified atom stereocenters. The number of carbonyl (C=O) groups excluding carboxylic acids is 1. The number of nitrogens with zero attached hydrogens (tertiary/aromatic N) is 1. The zero-order valence-corrected chi connectivity index (χ0v) is 17.6. The van der Waals surface area contributed by atoms with E-state index in [0.717, 1.165) is 11.1 Å². The Balaban J connectivity index is 2.13. The summed E-state index contributed by atoms with van der Waals surface area (Å²) in [7, 11) is 0. The number of nitrogens with one attached hydrogen (secondary N) is 1. The molecule has 0 bridgehead atoms. The van der Waals surface area contributed by atoms with Crippen LogP contribution in [0.1, 0.15) is 50.4 Å². The molecule has 2 aromatic heterocycles. The van der Waals surface area contributed by atoms with Crippen molar-refractivity contribution in [2.45, 2.75) is 53.2 Å². The van der Waals surface area contributed by atoms with Crippen molar-refractivity contribution in [3.63, 3.8) is 0 Å². The minimum absolute atomic E-state index is 0.0977. The molecule has 0 aliphatic rings. The fourth-order valence-electron chi connectivity index (χ4n) is 3.22. The van der Waals surface area contributed by atoms with Gasteiger partial charge < -0.3 is 14.5 Å². The van der Waals surface area contributed by atoms with Crippen molar-refractivity contribution in [1.29, 1.82) is 0 Å². The van der Waals surface area contributed by atoms with Crippen molar-refractivity contribution in [2.75, 3.05) is 0 Å². The van der Waals surface area contributed by atoms with Crippen LogP contribution in [0.4, 0.5) is 4.79 Å². The summed E-state index contributed by atoms with van der Waals surface area (Å²) in [5, 5.41) is 3.32. The van der Waals surface area contributed by atoms with E-state index in [1.165, 1.54) is 0 Å². The lowest BCUT2D eigenvalue weighted by Crippen LogP contribution is -2.34. The molecule has 1 N–H and O–H groups in total. The van der Waals surface area contributed by atoms with Crippen molar-refractivity contribution in [3.05, 3.63) is 63.6 Å². The van der Waals surface area contributed by atoms with E-state index < -0.39 is 17.7 Å². The molecule has 0 saturated carbocycles. The third-order valence-electron chi connectivity index (χ3n) is 4.52. The van der Waals surface area contributed by atoms with E-state index in [9.17, 15) is 9.59 Å². The molecule has 0 aliphatic heterocycles. The molecule has 1 atom stereocenters. The van der Waals surface area contributed by atoms with E-state index in [2.05, 4.69) is 10.3 Å². The highest BCUT2D eigenvalue weighted by atomic mass is 16.6. The van der Waals surface area contributed by atoms with Crippen LogP contribution in [0.15, 0.2) is 45.9 Å². The molecular weight excluding hydrogens is 368 g/mol. The Kier molecular flexibility index (Phi) is 5.46. The van der Waals surface area contributed by atoms with Crippen LogP contribution in [0.3, 0.4) is 0 Å². The van der Waals surface area contributed by atoms with Crippen molar-refractivity contribution < 1.29 is 13.9 Å². The van der Waals surface area contributed by atoms with Gasteiger partial charge in [0.25, 0.3) is 0 Å². The molecule has 0 aliphatic carbocycles. The van der Waals surface area contributed by atoms with Crippen LogP contribution in [0.5, 0.6) is 0 Å². The highest BCUT2D eigenvalue weighted by molar-refractivity contribution is 5.84. The minimum atomic E-state index is -0.602. The topological polar surface area (TPSA) is 81.4 Å². The highest BCUT2D eigenvalue weighted by Gasteiger charge is 2.22. The summed E-state index contributed by atoms with van der Waals surface area (Å²) < 4.78 is 11.6. The minimum Gasteiger partial charge on any atom is -0.455 e. The number of hydrogen-bond acceptors (Lipinski definition) is 5. The van der Waals surface area contributed by atoms with Gasteiger partial charge in [-0.1, -0.05) is 6.07 Å². The summed E-state index contributed by atoms with van der Waals surface area (Å²) in [6.45, 7) is 10.9. The van der Waals surface area contributed by atoms with Gasteiger partial charge in [-0.3, -0.25) is 9.78 Å². The second-order valence-corrected chi connectivity index (χ2v) is 8.23. The Bertz CT molecular complexity index is 1110. The first-order chi connectivity index (χ1) is 13.6. The normalized spacial score (nSPS) is 12.6. The summed E-state index contributed by atoms with van der Waals surface area (Å²) in [6, 6.07) is 6.95. The zero-order chi connectivity index (χ0) is 21.3. The smallest absolute Gasteiger partial charge is 0.408 e. The van der Waals surface area contributed by atoms with E-state index in [1.807, 2.05) is 32.0 Å². The number of aryl methyl sites for hydroxylation is 1. The van der Waals surface area contributed by atoms with E-state index >= 15 is 0 Å². The lowest BCUT2D eigenvalue weighted by atomic mass is 9.99. The molecule has 29 heavy (non-hydrogen) atoms. The van der Waals surface area contributed by atoms with E-state index in [4.69, 9.17) is 9.15 Å². The summed E-state index contributed by atoms with van der Waals surface area (Å²) in [4.78, 5) is 29.4. The number of hydrogen-bond donors (Lipinski definition) is 1. The molecule has 6 nitrogen and oxygen atoms in total. The molecule has 0 spiro atoms. The largest absolute Gasteiger partial charge is 0.455 e. The lowest BCUT2D eigenvalue weighted by Gasteiger charge is -2.22. The number of carbonyl (C=O) groups is 1. The van der Waals surface area contributed by atoms with Crippen LogP contribution in [-0.4, -0.2) is 16.7 Å². The van der Waals surface area contributed by atoms with Crippen LogP contribution >= 0.6 is 0 Å². The first-order valence-corrected chi connectivity index (χ1v) is 9.54. The van der Waals surface area contributed by atoms with Crippen LogP contribution in [0, 0.1) is 13.8 Å². The van der Waals surface area contributed by atoms with Gasteiger partial charge in [0.2, 0.25) is 0 Å². The number of rotatable bonds is 3. The molecule has 0 radical (unpaired) electrons. The lowest BCUT2D eigenvalue weighted by molar-refractivity contribution is 0.0508.